The summed E-state index contributed by atoms with van der Waals surface area (Å²) < 4.78 is 16.6. The van der Waals surface area contributed by atoms with Gasteiger partial charge in [0.1, 0.15) is 13.2 Å². The van der Waals surface area contributed by atoms with Crippen molar-refractivity contribution >= 4 is 17.9 Å². The van der Waals surface area contributed by atoms with E-state index in [2.05, 4.69) is 130 Å². The normalized spacial score (nSPS) is 13.0. The summed E-state index contributed by atoms with van der Waals surface area (Å²) in [5.74, 6) is -0.978. The fourth-order valence-electron chi connectivity index (χ4n) is 6.80. The molecule has 1 atom stereocenters. The van der Waals surface area contributed by atoms with Gasteiger partial charge in [-0.1, -0.05) is 207 Å². The summed E-state index contributed by atoms with van der Waals surface area (Å²) in [4.78, 5) is 37.7. The zero-order valence-electron chi connectivity index (χ0n) is 42.0. The summed E-state index contributed by atoms with van der Waals surface area (Å²) in [5, 5.41) is 0. The minimum Gasteiger partial charge on any atom is -0.462 e. The van der Waals surface area contributed by atoms with Crippen LogP contribution < -0.4 is 0 Å². The van der Waals surface area contributed by atoms with Gasteiger partial charge in [-0.25, -0.2) is 0 Å². The largest absolute Gasteiger partial charge is 0.462 e. The van der Waals surface area contributed by atoms with Gasteiger partial charge in [-0.3, -0.25) is 14.4 Å². The third kappa shape index (κ3) is 50.9. The lowest BCUT2D eigenvalue weighted by atomic mass is 10.1. The molecule has 0 aromatic heterocycles. The lowest BCUT2D eigenvalue weighted by Gasteiger charge is -2.18. The van der Waals surface area contributed by atoms with Crippen LogP contribution in [-0.4, -0.2) is 37.2 Å². The molecule has 0 saturated carbocycles. The maximum Gasteiger partial charge on any atom is 0.306 e. The zero-order valence-corrected chi connectivity index (χ0v) is 42.0. The maximum atomic E-state index is 12.8. The Labute approximate surface area is 400 Å². The van der Waals surface area contributed by atoms with Crippen LogP contribution in [0.15, 0.2) is 109 Å². The Morgan fingerprint density at radius 2 is 0.600 bits per heavy atom. The molecule has 0 rings (SSSR count). The predicted octanol–water partition coefficient (Wildman–Crippen LogP) is 17.5. The van der Waals surface area contributed by atoms with Gasteiger partial charge in [0.15, 0.2) is 6.10 Å². The first-order valence-corrected chi connectivity index (χ1v) is 26.4. The molecule has 0 heterocycles. The summed E-state index contributed by atoms with van der Waals surface area (Å²) in [6.07, 6.45) is 71.1. The third-order valence-corrected chi connectivity index (χ3v) is 10.8. The SMILES string of the molecule is CC/C=C\C/C=C\C/C=C\C/C=C\C/C=C\C/C=C\CCCCC(=O)OCC(COC(=O)CCCCCCC)OC(=O)CCCCCCCC/C=C\C/C=C\C/C=C\CCCCCCC. The molecular formula is C59H96O6. The molecule has 0 radical (unpaired) electrons. The molecular weight excluding hydrogens is 805 g/mol. The van der Waals surface area contributed by atoms with Crippen molar-refractivity contribution < 1.29 is 28.6 Å². The van der Waals surface area contributed by atoms with Gasteiger partial charge >= 0.3 is 17.9 Å². The van der Waals surface area contributed by atoms with Gasteiger partial charge in [-0.2, -0.15) is 0 Å². The molecule has 368 valence electrons. The predicted molar refractivity (Wildman–Crippen MR) is 279 cm³/mol. The van der Waals surface area contributed by atoms with Crippen molar-refractivity contribution in [1.82, 2.24) is 0 Å². The van der Waals surface area contributed by atoms with E-state index in [0.29, 0.717) is 25.7 Å². The number of esters is 3. The van der Waals surface area contributed by atoms with Crippen LogP contribution in [0, 0.1) is 0 Å². The quantitative estimate of drug-likeness (QED) is 0.0262. The molecule has 0 spiro atoms. The number of allylic oxidation sites excluding steroid dienone is 18. The molecule has 0 aliphatic carbocycles. The van der Waals surface area contributed by atoms with E-state index in [4.69, 9.17) is 14.2 Å². The first-order valence-electron chi connectivity index (χ1n) is 26.4. The van der Waals surface area contributed by atoms with Gasteiger partial charge in [0.2, 0.25) is 0 Å². The highest BCUT2D eigenvalue weighted by atomic mass is 16.6. The number of hydrogen-bond donors (Lipinski definition) is 0. The van der Waals surface area contributed by atoms with Crippen molar-refractivity contribution in [2.45, 2.75) is 232 Å². The molecule has 0 fully saturated rings. The summed E-state index contributed by atoms with van der Waals surface area (Å²) >= 11 is 0. The van der Waals surface area contributed by atoms with E-state index in [1.807, 2.05) is 0 Å². The standard InChI is InChI=1S/C59H96O6/c1-4-7-10-13-15-17-19-21-23-25-27-29-31-33-35-37-39-41-43-46-49-52-58(61)64-55-56(54-63-57(60)51-48-45-12-9-6-3)65-59(62)53-50-47-44-42-40-38-36-34-32-30-28-26-24-22-20-18-16-14-11-8-5-2/h7,10,15,17,20-23,26-29,32-35,39,41,56H,4-6,8-9,11-14,16,18-19,24-25,30-31,36-38,40,42-55H2,1-3H3/b10-7-,17-15-,22-20-,23-21-,28-26-,29-27-,34-32-,35-33-,41-39-. The van der Waals surface area contributed by atoms with E-state index in [1.165, 1.54) is 51.4 Å². The van der Waals surface area contributed by atoms with Crippen LogP contribution in [0.3, 0.4) is 0 Å². The molecule has 0 bridgehead atoms. The number of carbonyl (C=O) groups is 3. The molecule has 0 saturated heterocycles. The Hall–Kier alpha value is -3.93. The third-order valence-electron chi connectivity index (χ3n) is 10.8. The molecule has 0 aromatic carbocycles. The molecule has 1 unspecified atom stereocenters. The summed E-state index contributed by atoms with van der Waals surface area (Å²) in [5.41, 5.74) is 0. The fraction of sp³-hybridized carbons (Fsp3) is 0.644. The Morgan fingerprint density at radius 1 is 0.323 bits per heavy atom. The van der Waals surface area contributed by atoms with Gasteiger partial charge < -0.3 is 14.2 Å². The number of unbranched alkanes of at least 4 members (excludes halogenated alkanes) is 17. The second-order valence-electron chi connectivity index (χ2n) is 17.1. The average Bonchev–Trinajstić information content (AvgIpc) is 3.30. The van der Waals surface area contributed by atoms with E-state index >= 15 is 0 Å². The fourth-order valence-corrected chi connectivity index (χ4v) is 6.80. The second kappa shape index (κ2) is 52.7. The highest BCUT2D eigenvalue weighted by Crippen LogP contribution is 2.12. The summed E-state index contributed by atoms with van der Waals surface area (Å²) in [6, 6.07) is 0. The highest BCUT2D eigenvalue weighted by molar-refractivity contribution is 5.71. The first kappa shape index (κ1) is 61.1. The molecule has 0 aromatic rings. The molecule has 0 aliphatic rings. The molecule has 0 amide bonds. The molecule has 0 N–H and O–H groups in total. The average molecular weight is 901 g/mol. The molecule has 6 nitrogen and oxygen atoms in total. The Kier molecular flexibility index (Phi) is 49.5. The van der Waals surface area contributed by atoms with Gasteiger partial charge in [0.25, 0.3) is 0 Å². The molecule has 0 aliphatic heterocycles. The Bertz CT molecular complexity index is 1360. The van der Waals surface area contributed by atoms with Crippen LogP contribution in [-0.2, 0) is 28.6 Å². The molecule has 65 heavy (non-hydrogen) atoms. The minimum absolute atomic E-state index is 0.100. The van der Waals surface area contributed by atoms with E-state index in [0.717, 1.165) is 128 Å². The summed E-state index contributed by atoms with van der Waals surface area (Å²) in [6.45, 7) is 6.36. The first-order chi connectivity index (χ1) is 32.0. The lowest BCUT2D eigenvalue weighted by molar-refractivity contribution is -0.167. The van der Waals surface area contributed by atoms with Crippen molar-refractivity contribution in [2.24, 2.45) is 0 Å². The van der Waals surface area contributed by atoms with E-state index in [9.17, 15) is 14.4 Å². The second-order valence-corrected chi connectivity index (χ2v) is 17.1. The van der Waals surface area contributed by atoms with Gasteiger partial charge in [-0.15, -0.1) is 0 Å². The number of hydrogen-bond acceptors (Lipinski definition) is 6. The number of rotatable bonds is 46. The van der Waals surface area contributed by atoms with Crippen LogP contribution in [0.2, 0.25) is 0 Å². The van der Waals surface area contributed by atoms with Crippen LogP contribution in [0.5, 0.6) is 0 Å². The van der Waals surface area contributed by atoms with Crippen molar-refractivity contribution in [2.75, 3.05) is 13.2 Å². The Balaban J connectivity index is 4.29. The van der Waals surface area contributed by atoms with Crippen LogP contribution in [0.1, 0.15) is 226 Å². The number of ether oxygens (including phenoxy) is 3. The van der Waals surface area contributed by atoms with E-state index < -0.39 is 6.10 Å². The van der Waals surface area contributed by atoms with E-state index in [-0.39, 0.29) is 31.1 Å². The lowest BCUT2D eigenvalue weighted by Crippen LogP contribution is -2.30. The van der Waals surface area contributed by atoms with Gasteiger partial charge in [0.05, 0.1) is 0 Å². The highest BCUT2D eigenvalue weighted by Gasteiger charge is 2.19. The van der Waals surface area contributed by atoms with E-state index in [1.54, 1.807) is 0 Å². The van der Waals surface area contributed by atoms with Crippen molar-refractivity contribution in [1.29, 1.82) is 0 Å². The van der Waals surface area contributed by atoms with Crippen LogP contribution >= 0.6 is 0 Å². The minimum atomic E-state index is -0.801. The summed E-state index contributed by atoms with van der Waals surface area (Å²) in [7, 11) is 0. The zero-order chi connectivity index (χ0) is 47.2. The monoisotopic (exact) mass is 901 g/mol. The van der Waals surface area contributed by atoms with Crippen LogP contribution in [0.25, 0.3) is 0 Å². The van der Waals surface area contributed by atoms with Crippen molar-refractivity contribution in [3.63, 3.8) is 0 Å². The van der Waals surface area contributed by atoms with Gasteiger partial charge in [-0.05, 0) is 109 Å². The van der Waals surface area contributed by atoms with Crippen molar-refractivity contribution in [3.05, 3.63) is 109 Å². The van der Waals surface area contributed by atoms with Crippen molar-refractivity contribution in [3.8, 4) is 0 Å². The number of carbonyl (C=O) groups excluding carboxylic acids is 3. The topological polar surface area (TPSA) is 78.9 Å². The maximum absolute atomic E-state index is 12.8. The van der Waals surface area contributed by atoms with Gasteiger partial charge in [0, 0.05) is 19.3 Å². The Morgan fingerprint density at radius 3 is 0.969 bits per heavy atom. The smallest absolute Gasteiger partial charge is 0.306 e. The molecule has 6 heteroatoms. The van der Waals surface area contributed by atoms with Crippen LogP contribution in [0.4, 0.5) is 0 Å².